The fraction of sp³-hybridized carbons (Fsp3) is 0.800. The Morgan fingerprint density at radius 3 is 2.74 bits per heavy atom. The molecular formula is C15H26N4. The fourth-order valence-corrected chi connectivity index (χ4v) is 4.02. The van der Waals surface area contributed by atoms with Crippen molar-refractivity contribution < 1.29 is 0 Å². The van der Waals surface area contributed by atoms with Crippen molar-refractivity contribution in [3.63, 3.8) is 0 Å². The molecule has 19 heavy (non-hydrogen) atoms. The SMILES string of the molecule is CCCn1cncc1C(CN)N1CC2CCCC2C1. The predicted octanol–water partition coefficient (Wildman–Crippen LogP) is 2.02. The summed E-state index contributed by atoms with van der Waals surface area (Å²) in [6, 6.07) is 0.361. The van der Waals surface area contributed by atoms with Crippen molar-refractivity contribution in [2.75, 3.05) is 19.6 Å². The molecule has 0 aromatic carbocycles. The average Bonchev–Trinajstić information content (AvgIpc) is 3.07. The lowest BCUT2D eigenvalue weighted by Crippen LogP contribution is -2.34. The van der Waals surface area contributed by atoms with Gasteiger partial charge in [-0.3, -0.25) is 4.90 Å². The number of rotatable bonds is 5. The molecule has 1 saturated carbocycles. The predicted molar refractivity (Wildman–Crippen MR) is 76.7 cm³/mol. The molecule has 4 nitrogen and oxygen atoms in total. The number of aromatic nitrogens is 2. The lowest BCUT2D eigenvalue weighted by molar-refractivity contribution is 0.223. The Kier molecular flexibility index (Phi) is 3.89. The number of likely N-dealkylation sites (tertiary alicyclic amines) is 1. The van der Waals surface area contributed by atoms with Crippen LogP contribution in [0.15, 0.2) is 12.5 Å². The molecule has 1 saturated heterocycles. The van der Waals surface area contributed by atoms with Gasteiger partial charge < -0.3 is 10.3 Å². The lowest BCUT2D eigenvalue weighted by Gasteiger charge is -2.28. The second kappa shape index (κ2) is 5.63. The van der Waals surface area contributed by atoms with Crippen molar-refractivity contribution in [1.82, 2.24) is 14.5 Å². The third kappa shape index (κ3) is 2.43. The topological polar surface area (TPSA) is 47.1 Å². The summed E-state index contributed by atoms with van der Waals surface area (Å²) < 4.78 is 2.28. The van der Waals surface area contributed by atoms with Gasteiger partial charge in [0.1, 0.15) is 0 Å². The molecule has 1 aromatic heterocycles. The zero-order valence-corrected chi connectivity index (χ0v) is 12.0. The first kappa shape index (κ1) is 13.1. The maximum Gasteiger partial charge on any atom is 0.0948 e. The average molecular weight is 262 g/mol. The summed E-state index contributed by atoms with van der Waals surface area (Å²) in [6.45, 7) is 6.44. The molecule has 106 valence electrons. The van der Waals surface area contributed by atoms with Gasteiger partial charge in [-0.2, -0.15) is 0 Å². The third-order valence-corrected chi connectivity index (χ3v) is 4.97. The van der Waals surface area contributed by atoms with Gasteiger partial charge in [-0.15, -0.1) is 0 Å². The minimum absolute atomic E-state index is 0.361. The van der Waals surface area contributed by atoms with E-state index in [1.54, 1.807) is 0 Å². The minimum atomic E-state index is 0.361. The Balaban J connectivity index is 1.75. The highest BCUT2D eigenvalue weighted by Gasteiger charge is 2.39. The summed E-state index contributed by atoms with van der Waals surface area (Å²) in [5.41, 5.74) is 7.39. The van der Waals surface area contributed by atoms with Crippen LogP contribution in [0.2, 0.25) is 0 Å². The van der Waals surface area contributed by atoms with E-state index in [-0.39, 0.29) is 0 Å². The Hall–Kier alpha value is -0.870. The number of aryl methyl sites for hydroxylation is 1. The molecule has 0 radical (unpaired) electrons. The summed E-state index contributed by atoms with van der Waals surface area (Å²) >= 11 is 0. The van der Waals surface area contributed by atoms with Gasteiger partial charge in [-0.05, 0) is 31.1 Å². The van der Waals surface area contributed by atoms with E-state index in [2.05, 4.69) is 21.4 Å². The summed E-state index contributed by atoms with van der Waals surface area (Å²) in [5, 5.41) is 0. The van der Waals surface area contributed by atoms with Crippen LogP contribution in [0.3, 0.4) is 0 Å². The van der Waals surface area contributed by atoms with Gasteiger partial charge in [0.2, 0.25) is 0 Å². The first-order chi connectivity index (χ1) is 9.33. The highest BCUT2D eigenvalue weighted by molar-refractivity contribution is 5.08. The van der Waals surface area contributed by atoms with Crippen molar-refractivity contribution in [2.45, 2.75) is 45.2 Å². The van der Waals surface area contributed by atoms with Gasteiger partial charge in [0, 0.05) is 32.4 Å². The van der Waals surface area contributed by atoms with Gasteiger partial charge in [-0.1, -0.05) is 13.3 Å². The van der Waals surface area contributed by atoms with Crippen LogP contribution in [0.4, 0.5) is 0 Å². The highest BCUT2D eigenvalue weighted by Crippen LogP contribution is 2.40. The molecule has 4 heteroatoms. The molecule has 0 spiro atoms. The number of fused-ring (bicyclic) bond motifs is 1. The number of hydrogen-bond donors (Lipinski definition) is 1. The molecule has 3 rings (SSSR count). The van der Waals surface area contributed by atoms with E-state index in [1.807, 2.05) is 12.5 Å². The van der Waals surface area contributed by atoms with Gasteiger partial charge in [0.15, 0.2) is 0 Å². The first-order valence-electron chi connectivity index (χ1n) is 7.77. The Morgan fingerprint density at radius 2 is 2.11 bits per heavy atom. The number of imidazole rings is 1. The summed E-state index contributed by atoms with van der Waals surface area (Å²) in [7, 11) is 0. The van der Waals surface area contributed by atoms with E-state index in [0.717, 1.165) is 24.8 Å². The molecule has 1 aliphatic heterocycles. The van der Waals surface area contributed by atoms with E-state index < -0.39 is 0 Å². The molecule has 2 aliphatic rings. The second-order valence-electron chi connectivity index (χ2n) is 6.17. The van der Waals surface area contributed by atoms with E-state index in [4.69, 9.17) is 5.73 Å². The van der Waals surface area contributed by atoms with Crippen LogP contribution >= 0.6 is 0 Å². The van der Waals surface area contributed by atoms with Crippen LogP contribution in [-0.2, 0) is 6.54 Å². The molecule has 2 heterocycles. The lowest BCUT2D eigenvalue weighted by atomic mass is 10.0. The maximum atomic E-state index is 6.08. The van der Waals surface area contributed by atoms with Crippen molar-refractivity contribution in [3.8, 4) is 0 Å². The standard InChI is InChI=1S/C15H26N4/c1-2-6-18-11-17-8-15(18)14(7-16)19-9-12-4-3-5-13(12)10-19/h8,11-14H,2-7,9-10,16H2,1H3. The fourth-order valence-electron chi connectivity index (χ4n) is 4.02. The van der Waals surface area contributed by atoms with E-state index in [0.29, 0.717) is 12.6 Å². The molecule has 3 atom stereocenters. The van der Waals surface area contributed by atoms with Crippen molar-refractivity contribution in [3.05, 3.63) is 18.2 Å². The van der Waals surface area contributed by atoms with Crippen LogP contribution in [0.5, 0.6) is 0 Å². The van der Waals surface area contributed by atoms with Gasteiger partial charge in [-0.25, -0.2) is 4.98 Å². The molecule has 0 bridgehead atoms. The third-order valence-electron chi connectivity index (χ3n) is 4.97. The second-order valence-corrected chi connectivity index (χ2v) is 6.17. The van der Waals surface area contributed by atoms with Gasteiger partial charge >= 0.3 is 0 Å². The molecule has 1 aliphatic carbocycles. The quantitative estimate of drug-likeness (QED) is 0.883. The molecule has 3 unspecified atom stereocenters. The van der Waals surface area contributed by atoms with Gasteiger partial charge in [0.25, 0.3) is 0 Å². The van der Waals surface area contributed by atoms with Crippen molar-refractivity contribution >= 4 is 0 Å². The van der Waals surface area contributed by atoms with Crippen molar-refractivity contribution in [1.29, 1.82) is 0 Å². The zero-order chi connectivity index (χ0) is 13.2. The van der Waals surface area contributed by atoms with Crippen LogP contribution in [0.1, 0.15) is 44.3 Å². The number of nitrogens with two attached hydrogens (primary N) is 1. The smallest absolute Gasteiger partial charge is 0.0948 e. The van der Waals surface area contributed by atoms with E-state index in [9.17, 15) is 0 Å². The van der Waals surface area contributed by atoms with E-state index in [1.165, 1.54) is 38.0 Å². The molecular weight excluding hydrogens is 236 g/mol. The van der Waals surface area contributed by atoms with Crippen LogP contribution in [0.25, 0.3) is 0 Å². The number of hydrogen-bond acceptors (Lipinski definition) is 3. The summed E-state index contributed by atoms with van der Waals surface area (Å²) in [6.07, 6.45) is 9.40. The van der Waals surface area contributed by atoms with Crippen LogP contribution in [0, 0.1) is 11.8 Å². The monoisotopic (exact) mass is 262 g/mol. The summed E-state index contributed by atoms with van der Waals surface area (Å²) in [4.78, 5) is 6.94. The minimum Gasteiger partial charge on any atom is -0.333 e. The van der Waals surface area contributed by atoms with Crippen molar-refractivity contribution in [2.24, 2.45) is 17.6 Å². The first-order valence-corrected chi connectivity index (χ1v) is 7.77. The normalized spacial score (nSPS) is 28.7. The molecule has 2 N–H and O–H groups in total. The summed E-state index contributed by atoms with van der Waals surface area (Å²) in [5.74, 6) is 1.85. The highest BCUT2D eigenvalue weighted by atomic mass is 15.2. The van der Waals surface area contributed by atoms with Crippen LogP contribution < -0.4 is 5.73 Å². The maximum absolute atomic E-state index is 6.08. The molecule has 0 amide bonds. The van der Waals surface area contributed by atoms with Crippen LogP contribution in [-0.4, -0.2) is 34.1 Å². The largest absolute Gasteiger partial charge is 0.333 e. The van der Waals surface area contributed by atoms with E-state index >= 15 is 0 Å². The Bertz CT molecular complexity index is 402. The number of nitrogens with zero attached hydrogens (tertiary/aromatic N) is 3. The zero-order valence-electron chi connectivity index (χ0n) is 12.0. The molecule has 2 fully saturated rings. The Labute approximate surface area is 116 Å². The Morgan fingerprint density at radius 1 is 1.37 bits per heavy atom. The van der Waals surface area contributed by atoms with Gasteiger partial charge in [0.05, 0.1) is 18.1 Å². The molecule has 1 aromatic rings.